The van der Waals surface area contributed by atoms with Crippen LogP contribution in [-0.2, 0) is 26.8 Å². The molecule has 5 nitrogen and oxygen atoms in total. The molecule has 156 valence electrons. The Bertz CT molecular complexity index is 738. The minimum absolute atomic E-state index is 0.00706. The van der Waals surface area contributed by atoms with E-state index in [4.69, 9.17) is 0 Å². The Balaban J connectivity index is 3.65. The van der Waals surface area contributed by atoms with E-state index in [1.165, 1.54) is 0 Å². The van der Waals surface area contributed by atoms with Crippen molar-refractivity contribution in [3.63, 3.8) is 0 Å². The van der Waals surface area contributed by atoms with E-state index in [2.05, 4.69) is 0 Å². The molecule has 0 unspecified atom stereocenters. The highest BCUT2D eigenvalue weighted by atomic mass is 16.4. The lowest BCUT2D eigenvalue weighted by molar-refractivity contribution is -0.136. The van der Waals surface area contributed by atoms with Crippen LogP contribution in [0, 0.1) is 0 Å². The zero-order chi connectivity index (χ0) is 21.9. The zero-order valence-electron chi connectivity index (χ0n) is 18.1. The van der Waals surface area contributed by atoms with E-state index in [0.717, 1.165) is 17.5 Å². The SMILES string of the molecule is CCCC/C(C(=O)O)=C(\Cc1cc(C(C)(C)C)c(O)c(C(C)(C)C)c1)C(=O)O. The van der Waals surface area contributed by atoms with Crippen LogP contribution in [0.3, 0.4) is 0 Å². The first-order chi connectivity index (χ1) is 12.7. The predicted molar refractivity (Wildman–Crippen MR) is 111 cm³/mol. The van der Waals surface area contributed by atoms with Crippen molar-refractivity contribution in [1.29, 1.82) is 0 Å². The first-order valence-electron chi connectivity index (χ1n) is 9.75. The predicted octanol–water partition coefficient (Wildman–Crippen LogP) is 5.19. The van der Waals surface area contributed by atoms with Crippen molar-refractivity contribution in [2.75, 3.05) is 0 Å². The molecule has 1 aromatic rings. The Kier molecular flexibility index (Phi) is 7.46. The number of aliphatic carboxylic acids is 2. The van der Waals surface area contributed by atoms with Crippen LogP contribution in [0.5, 0.6) is 5.75 Å². The molecule has 1 aromatic carbocycles. The van der Waals surface area contributed by atoms with Crippen molar-refractivity contribution in [2.45, 2.75) is 85.0 Å². The fourth-order valence-electron chi connectivity index (χ4n) is 3.20. The van der Waals surface area contributed by atoms with Gasteiger partial charge in [-0.1, -0.05) is 67.0 Å². The number of rotatable bonds is 7. The topological polar surface area (TPSA) is 94.8 Å². The van der Waals surface area contributed by atoms with Gasteiger partial charge in [0, 0.05) is 12.0 Å². The number of hydrogen-bond acceptors (Lipinski definition) is 3. The number of aromatic hydroxyl groups is 1. The minimum atomic E-state index is -1.21. The lowest BCUT2D eigenvalue weighted by Gasteiger charge is -2.28. The van der Waals surface area contributed by atoms with Crippen molar-refractivity contribution >= 4 is 11.9 Å². The van der Waals surface area contributed by atoms with Gasteiger partial charge in [0.1, 0.15) is 5.75 Å². The molecule has 0 atom stereocenters. The van der Waals surface area contributed by atoms with E-state index >= 15 is 0 Å². The van der Waals surface area contributed by atoms with Gasteiger partial charge in [0.2, 0.25) is 0 Å². The maximum Gasteiger partial charge on any atom is 0.332 e. The molecule has 5 heteroatoms. The third-order valence-corrected chi connectivity index (χ3v) is 4.83. The molecule has 0 amide bonds. The van der Waals surface area contributed by atoms with Crippen molar-refractivity contribution in [2.24, 2.45) is 0 Å². The van der Waals surface area contributed by atoms with Crippen molar-refractivity contribution < 1.29 is 24.9 Å². The molecule has 0 saturated carbocycles. The smallest absolute Gasteiger partial charge is 0.332 e. The summed E-state index contributed by atoms with van der Waals surface area (Å²) in [5, 5.41) is 30.1. The maximum atomic E-state index is 11.9. The quantitative estimate of drug-likeness (QED) is 0.557. The molecule has 0 aromatic heterocycles. The van der Waals surface area contributed by atoms with Crippen LogP contribution in [0.15, 0.2) is 23.3 Å². The summed E-state index contributed by atoms with van der Waals surface area (Å²) in [6, 6.07) is 3.60. The van der Waals surface area contributed by atoms with Gasteiger partial charge in [-0.3, -0.25) is 0 Å². The van der Waals surface area contributed by atoms with E-state index < -0.39 is 11.9 Å². The van der Waals surface area contributed by atoms with Crippen LogP contribution in [0.2, 0.25) is 0 Å². The van der Waals surface area contributed by atoms with E-state index in [1.54, 1.807) is 12.1 Å². The summed E-state index contributed by atoms with van der Waals surface area (Å²) in [6.45, 7) is 13.8. The number of benzene rings is 1. The first kappa shape index (κ1) is 23.7. The first-order valence-corrected chi connectivity index (χ1v) is 9.75. The van der Waals surface area contributed by atoms with Crippen LogP contribution in [0.1, 0.15) is 84.4 Å². The molecule has 3 N–H and O–H groups in total. The van der Waals surface area contributed by atoms with Gasteiger partial charge in [-0.15, -0.1) is 0 Å². The maximum absolute atomic E-state index is 11.9. The highest BCUT2D eigenvalue weighted by Gasteiger charge is 2.28. The van der Waals surface area contributed by atoms with Gasteiger partial charge in [0.25, 0.3) is 0 Å². The average Bonchev–Trinajstić information content (AvgIpc) is 2.52. The number of hydrogen-bond donors (Lipinski definition) is 3. The second-order valence-electron chi connectivity index (χ2n) is 9.39. The Morgan fingerprint density at radius 3 is 1.61 bits per heavy atom. The summed E-state index contributed by atoms with van der Waals surface area (Å²) in [6.07, 6.45) is 1.64. The minimum Gasteiger partial charge on any atom is -0.507 e. The normalized spacial score (nSPS) is 13.2. The molecule has 28 heavy (non-hydrogen) atoms. The van der Waals surface area contributed by atoms with Crippen molar-refractivity contribution in [1.82, 2.24) is 0 Å². The lowest BCUT2D eigenvalue weighted by atomic mass is 9.77. The highest BCUT2D eigenvalue weighted by Crippen LogP contribution is 2.40. The molecule has 0 aliphatic rings. The average molecular weight is 391 g/mol. The number of phenols is 1. The lowest BCUT2D eigenvalue weighted by Crippen LogP contribution is -2.19. The van der Waals surface area contributed by atoms with Gasteiger partial charge in [-0.2, -0.15) is 0 Å². The summed E-state index contributed by atoms with van der Waals surface area (Å²) in [5.41, 5.74) is 1.33. The van der Waals surface area contributed by atoms with Crippen molar-refractivity contribution in [3.8, 4) is 5.75 Å². The fraction of sp³-hybridized carbons (Fsp3) is 0.565. The molecule has 0 bridgehead atoms. The highest BCUT2D eigenvalue weighted by molar-refractivity contribution is 5.99. The number of unbranched alkanes of at least 4 members (excludes halogenated alkanes) is 1. The van der Waals surface area contributed by atoms with E-state index in [-0.39, 0.29) is 40.6 Å². The van der Waals surface area contributed by atoms with Crippen LogP contribution in [0.25, 0.3) is 0 Å². The second kappa shape index (κ2) is 8.80. The van der Waals surface area contributed by atoms with Gasteiger partial charge in [-0.25, -0.2) is 9.59 Å². The molecule has 1 rings (SSSR count). The Hall–Kier alpha value is -2.30. The summed E-state index contributed by atoms with van der Waals surface area (Å²) in [7, 11) is 0. The van der Waals surface area contributed by atoms with E-state index in [9.17, 15) is 24.9 Å². The molecule has 0 aliphatic heterocycles. The third kappa shape index (κ3) is 5.85. The Labute approximate surface area is 168 Å². The number of carbonyl (C=O) groups is 2. The van der Waals surface area contributed by atoms with Gasteiger partial charge < -0.3 is 15.3 Å². The summed E-state index contributed by atoms with van der Waals surface area (Å²) in [5.74, 6) is -2.18. The molecular weight excluding hydrogens is 356 g/mol. The van der Waals surface area contributed by atoms with E-state index in [1.807, 2.05) is 48.5 Å². The largest absolute Gasteiger partial charge is 0.507 e. The molecule has 0 radical (unpaired) electrons. The molecule has 0 saturated heterocycles. The van der Waals surface area contributed by atoms with Crippen LogP contribution >= 0.6 is 0 Å². The van der Waals surface area contributed by atoms with Gasteiger partial charge >= 0.3 is 11.9 Å². The number of phenolic OH excluding ortho intramolecular Hbond substituents is 1. The fourth-order valence-corrected chi connectivity index (χ4v) is 3.20. The second-order valence-corrected chi connectivity index (χ2v) is 9.39. The molecule has 0 fully saturated rings. The van der Waals surface area contributed by atoms with Crippen molar-refractivity contribution in [3.05, 3.63) is 40.0 Å². The summed E-state index contributed by atoms with van der Waals surface area (Å²) in [4.78, 5) is 23.6. The molecule has 0 heterocycles. The molecular formula is C23H34O5. The Morgan fingerprint density at radius 2 is 1.29 bits per heavy atom. The Morgan fingerprint density at radius 1 is 0.857 bits per heavy atom. The number of carboxylic acid groups (broad SMARTS) is 2. The summed E-state index contributed by atoms with van der Waals surface area (Å²) >= 11 is 0. The monoisotopic (exact) mass is 390 g/mol. The van der Waals surface area contributed by atoms with Gasteiger partial charge in [-0.05, 0) is 40.4 Å². The van der Waals surface area contributed by atoms with Crippen LogP contribution < -0.4 is 0 Å². The van der Waals surface area contributed by atoms with Gasteiger partial charge in [0.15, 0.2) is 0 Å². The molecule has 0 spiro atoms. The molecule has 0 aliphatic carbocycles. The standard InChI is InChI=1S/C23H34O5/c1-8-9-10-15(20(25)26)16(21(27)28)11-14-12-17(22(2,3)4)19(24)18(13-14)23(5,6)7/h12-13,24H,8-11H2,1-7H3,(H,25,26)(H,27,28)/b16-15-. The van der Waals surface area contributed by atoms with E-state index in [0.29, 0.717) is 12.0 Å². The number of carboxylic acids is 2. The summed E-state index contributed by atoms with van der Waals surface area (Å²) < 4.78 is 0. The zero-order valence-corrected chi connectivity index (χ0v) is 18.1. The van der Waals surface area contributed by atoms with Crippen LogP contribution in [-0.4, -0.2) is 27.3 Å². The van der Waals surface area contributed by atoms with Crippen LogP contribution in [0.4, 0.5) is 0 Å². The van der Waals surface area contributed by atoms with Gasteiger partial charge in [0.05, 0.1) is 5.57 Å². The third-order valence-electron chi connectivity index (χ3n) is 4.83.